The number of carbonyl (C=O) groups is 2. The van der Waals surface area contributed by atoms with Crippen LogP contribution in [0.3, 0.4) is 0 Å². The van der Waals surface area contributed by atoms with Gasteiger partial charge in [0.25, 0.3) is 0 Å². The molecular formula is C19H30N4O3S. The maximum atomic E-state index is 12.7. The molecule has 2 aliphatic rings. The summed E-state index contributed by atoms with van der Waals surface area (Å²) < 4.78 is 5.32. The van der Waals surface area contributed by atoms with Crippen molar-refractivity contribution in [1.29, 1.82) is 0 Å². The minimum absolute atomic E-state index is 0.0202. The first-order valence-corrected chi connectivity index (χ1v) is 10.7. The molecular weight excluding hydrogens is 364 g/mol. The highest BCUT2D eigenvalue weighted by atomic mass is 32.1. The Morgan fingerprint density at radius 3 is 2.78 bits per heavy atom. The molecule has 0 aliphatic carbocycles. The Morgan fingerprint density at radius 2 is 2.04 bits per heavy atom. The van der Waals surface area contributed by atoms with Crippen LogP contribution in [-0.2, 0) is 27.3 Å². The maximum Gasteiger partial charge on any atom is 0.227 e. The third kappa shape index (κ3) is 5.27. The third-order valence-corrected chi connectivity index (χ3v) is 6.43. The van der Waals surface area contributed by atoms with Crippen LogP contribution in [0.25, 0.3) is 0 Å². The first kappa shape index (κ1) is 20.2. The van der Waals surface area contributed by atoms with Gasteiger partial charge in [0.1, 0.15) is 0 Å². The van der Waals surface area contributed by atoms with E-state index in [4.69, 9.17) is 4.74 Å². The second-order valence-electron chi connectivity index (χ2n) is 7.31. The van der Waals surface area contributed by atoms with Gasteiger partial charge in [0.15, 0.2) is 0 Å². The molecule has 8 heteroatoms. The number of hydrogen-bond acceptors (Lipinski definition) is 6. The number of carbonyl (C=O) groups excluding carboxylic acids is 2. The van der Waals surface area contributed by atoms with Crippen LogP contribution in [0.1, 0.15) is 35.3 Å². The van der Waals surface area contributed by atoms with Gasteiger partial charge in [-0.15, -0.1) is 11.3 Å². The number of piperidine rings is 1. The molecule has 0 radical (unpaired) electrons. The Balaban J connectivity index is 1.51. The zero-order valence-electron chi connectivity index (χ0n) is 16.3. The molecule has 3 heterocycles. The fourth-order valence-corrected chi connectivity index (χ4v) is 4.77. The van der Waals surface area contributed by atoms with Crippen LogP contribution in [0, 0.1) is 18.8 Å². The summed E-state index contributed by atoms with van der Waals surface area (Å²) in [5, 5.41) is 7.45. The van der Waals surface area contributed by atoms with Gasteiger partial charge >= 0.3 is 0 Å². The Hall–Kier alpha value is -1.51. The van der Waals surface area contributed by atoms with Crippen LogP contribution in [0.15, 0.2) is 0 Å². The van der Waals surface area contributed by atoms with E-state index in [9.17, 15) is 9.59 Å². The summed E-state index contributed by atoms with van der Waals surface area (Å²) in [4.78, 5) is 32.9. The molecule has 150 valence electrons. The Bertz CT molecular complexity index is 657. The second-order valence-corrected chi connectivity index (χ2v) is 8.48. The van der Waals surface area contributed by atoms with Crippen molar-refractivity contribution < 1.29 is 14.3 Å². The van der Waals surface area contributed by atoms with E-state index in [0.717, 1.165) is 28.4 Å². The van der Waals surface area contributed by atoms with E-state index >= 15 is 0 Å². The van der Waals surface area contributed by atoms with Crippen LogP contribution in [0.2, 0.25) is 0 Å². The highest BCUT2D eigenvalue weighted by molar-refractivity contribution is 7.11. The minimum Gasteiger partial charge on any atom is -0.378 e. The van der Waals surface area contributed by atoms with Crippen LogP contribution in [-0.4, -0.2) is 61.1 Å². The lowest BCUT2D eigenvalue weighted by molar-refractivity contribution is -0.141. The molecule has 7 nitrogen and oxygen atoms in total. The van der Waals surface area contributed by atoms with Crippen molar-refractivity contribution in [2.45, 2.75) is 39.7 Å². The van der Waals surface area contributed by atoms with Crippen molar-refractivity contribution in [3.8, 4) is 0 Å². The summed E-state index contributed by atoms with van der Waals surface area (Å²) in [7, 11) is 0. The van der Waals surface area contributed by atoms with E-state index in [0.29, 0.717) is 52.4 Å². The first-order valence-electron chi connectivity index (χ1n) is 9.88. The van der Waals surface area contributed by atoms with E-state index in [2.05, 4.69) is 22.5 Å². The number of nitrogens with one attached hydrogen (secondary N) is 2. The number of ether oxygens (including phenoxy) is 1. The van der Waals surface area contributed by atoms with Gasteiger partial charge < -0.3 is 20.3 Å². The standard InChI is InChI=1S/C19H30N4O3S/c1-3-4-17-22-13(2)16(27-17)12-21-18(24)14-9-15(11-20-10-14)19(25)23-5-7-26-8-6-23/h14-15,20H,3-12H2,1-2H3,(H,21,24)/t14-,15+/m1/s1. The fourth-order valence-electron chi connectivity index (χ4n) is 3.66. The van der Waals surface area contributed by atoms with Crippen molar-refractivity contribution >= 4 is 23.2 Å². The molecule has 2 fully saturated rings. The maximum absolute atomic E-state index is 12.7. The number of thiazole rings is 1. The van der Waals surface area contributed by atoms with Gasteiger partial charge in [-0.2, -0.15) is 0 Å². The zero-order chi connectivity index (χ0) is 19.2. The van der Waals surface area contributed by atoms with Crippen molar-refractivity contribution in [2.24, 2.45) is 11.8 Å². The molecule has 2 saturated heterocycles. The number of aromatic nitrogens is 1. The highest BCUT2D eigenvalue weighted by Gasteiger charge is 2.33. The molecule has 2 aliphatic heterocycles. The molecule has 0 spiro atoms. The smallest absolute Gasteiger partial charge is 0.227 e. The number of amides is 2. The first-order chi connectivity index (χ1) is 13.1. The van der Waals surface area contributed by atoms with Gasteiger partial charge in [0.05, 0.1) is 42.3 Å². The monoisotopic (exact) mass is 394 g/mol. The van der Waals surface area contributed by atoms with Crippen LogP contribution in [0.5, 0.6) is 0 Å². The molecule has 0 unspecified atom stereocenters. The van der Waals surface area contributed by atoms with Crippen molar-refractivity contribution in [3.63, 3.8) is 0 Å². The number of rotatable bonds is 6. The van der Waals surface area contributed by atoms with Crippen LogP contribution < -0.4 is 10.6 Å². The Labute approximate surface area is 164 Å². The predicted octanol–water partition coefficient (Wildman–Crippen LogP) is 1.10. The number of aryl methyl sites for hydroxylation is 2. The second kappa shape index (κ2) is 9.61. The molecule has 0 bridgehead atoms. The molecule has 2 amide bonds. The average Bonchev–Trinajstić information content (AvgIpc) is 3.05. The minimum atomic E-state index is -0.169. The lowest BCUT2D eigenvalue weighted by Crippen LogP contribution is -2.51. The number of hydrogen-bond donors (Lipinski definition) is 2. The molecule has 3 rings (SSSR count). The Morgan fingerprint density at radius 1 is 1.30 bits per heavy atom. The summed E-state index contributed by atoms with van der Waals surface area (Å²) in [5.41, 5.74) is 1.01. The summed E-state index contributed by atoms with van der Waals surface area (Å²) in [6.45, 7) is 8.43. The quantitative estimate of drug-likeness (QED) is 0.755. The lowest BCUT2D eigenvalue weighted by Gasteiger charge is -2.34. The van der Waals surface area contributed by atoms with Gasteiger partial charge in [-0.25, -0.2) is 4.98 Å². The van der Waals surface area contributed by atoms with Gasteiger partial charge in [-0.1, -0.05) is 6.92 Å². The topological polar surface area (TPSA) is 83.6 Å². The fraction of sp³-hybridized carbons (Fsp3) is 0.737. The van der Waals surface area contributed by atoms with Crippen molar-refractivity contribution in [2.75, 3.05) is 39.4 Å². The predicted molar refractivity (Wildman–Crippen MR) is 105 cm³/mol. The van der Waals surface area contributed by atoms with Crippen molar-refractivity contribution in [1.82, 2.24) is 20.5 Å². The number of nitrogens with zero attached hydrogens (tertiary/aromatic N) is 2. The molecule has 2 atom stereocenters. The molecule has 27 heavy (non-hydrogen) atoms. The molecule has 1 aromatic heterocycles. The molecule has 2 N–H and O–H groups in total. The summed E-state index contributed by atoms with van der Waals surface area (Å²) in [6, 6.07) is 0. The molecule has 0 saturated carbocycles. The Kier molecular flexibility index (Phi) is 7.20. The SMILES string of the molecule is CCCc1nc(C)c(CNC(=O)[C@H]2CNC[C@@H](C(=O)N3CCOCC3)C2)s1. The lowest BCUT2D eigenvalue weighted by atomic mass is 9.88. The van der Waals surface area contributed by atoms with Gasteiger partial charge in [0.2, 0.25) is 11.8 Å². The van der Waals surface area contributed by atoms with Gasteiger partial charge in [-0.05, 0) is 26.2 Å². The van der Waals surface area contributed by atoms with E-state index < -0.39 is 0 Å². The van der Waals surface area contributed by atoms with E-state index in [1.54, 1.807) is 11.3 Å². The zero-order valence-corrected chi connectivity index (χ0v) is 17.1. The van der Waals surface area contributed by atoms with Gasteiger partial charge in [-0.3, -0.25) is 9.59 Å². The number of morpholine rings is 1. The largest absolute Gasteiger partial charge is 0.378 e. The molecule has 0 aromatic carbocycles. The van der Waals surface area contributed by atoms with Gasteiger partial charge in [0, 0.05) is 31.1 Å². The normalized spacial score (nSPS) is 23.3. The summed E-state index contributed by atoms with van der Waals surface area (Å²) in [5.74, 6) is -0.136. The van der Waals surface area contributed by atoms with E-state index in [-0.39, 0.29) is 23.7 Å². The third-order valence-electron chi connectivity index (χ3n) is 5.22. The van der Waals surface area contributed by atoms with E-state index in [1.165, 1.54) is 0 Å². The van der Waals surface area contributed by atoms with Crippen LogP contribution in [0.4, 0.5) is 0 Å². The van der Waals surface area contributed by atoms with Crippen LogP contribution >= 0.6 is 11.3 Å². The van der Waals surface area contributed by atoms with Crippen molar-refractivity contribution in [3.05, 3.63) is 15.6 Å². The molecule has 1 aromatic rings. The summed E-state index contributed by atoms with van der Waals surface area (Å²) in [6.07, 6.45) is 2.67. The highest BCUT2D eigenvalue weighted by Crippen LogP contribution is 2.22. The average molecular weight is 395 g/mol. The van der Waals surface area contributed by atoms with E-state index in [1.807, 2.05) is 11.8 Å². The summed E-state index contributed by atoms with van der Waals surface area (Å²) >= 11 is 1.68.